The summed E-state index contributed by atoms with van der Waals surface area (Å²) in [6.45, 7) is 0.447. The zero-order chi connectivity index (χ0) is 13.0. The molecular weight excluding hydrogens is 224 g/mol. The highest BCUT2D eigenvalue weighted by atomic mass is 16.3. The molecule has 0 aliphatic rings. The number of aromatic hydroxyl groups is 1. The third kappa shape index (κ3) is 2.46. The van der Waals surface area contributed by atoms with Gasteiger partial charge in [0.2, 0.25) is 0 Å². The molecule has 0 spiro atoms. The largest absolute Gasteiger partial charge is 0.508 e. The molecular formula is C15H18N2O. The number of hydrogen-bond donors (Lipinski definition) is 2. The van der Waals surface area contributed by atoms with Gasteiger partial charge >= 0.3 is 0 Å². The molecule has 1 atom stereocenters. The lowest BCUT2D eigenvalue weighted by Crippen LogP contribution is -2.30. The van der Waals surface area contributed by atoms with Crippen LogP contribution in [0.1, 0.15) is 11.6 Å². The van der Waals surface area contributed by atoms with Crippen molar-refractivity contribution in [2.75, 3.05) is 18.5 Å². The molecule has 3 heteroatoms. The van der Waals surface area contributed by atoms with E-state index in [1.54, 1.807) is 6.07 Å². The van der Waals surface area contributed by atoms with E-state index in [2.05, 4.69) is 4.90 Å². The Morgan fingerprint density at radius 1 is 1.06 bits per heavy atom. The van der Waals surface area contributed by atoms with E-state index in [1.165, 1.54) is 0 Å². The maximum absolute atomic E-state index is 9.93. The van der Waals surface area contributed by atoms with Crippen LogP contribution >= 0.6 is 0 Å². The van der Waals surface area contributed by atoms with E-state index in [0.29, 0.717) is 6.54 Å². The molecule has 1 unspecified atom stereocenters. The van der Waals surface area contributed by atoms with Crippen molar-refractivity contribution in [3.05, 3.63) is 60.2 Å². The average molecular weight is 242 g/mol. The summed E-state index contributed by atoms with van der Waals surface area (Å²) in [5, 5.41) is 9.93. The van der Waals surface area contributed by atoms with Crippen molar-refractivity contribution in [2.45, 2.75) is 6.04 Å². The van der Waals surface area contributed by atoms with Gasteiger partial charge in [0.15, 0.2) is 0 Å². The molecule has 2 aromatic rings. The molecule has 2 aromatic carbocycles. The SMILES string of the molecule is CN(c1ccccc1)C(CN)c1ccccc1O. The molecule has 0 saturated carbocycles. The van der Waals surface area contributed by atoms with Gasteiger partial charge in [0.05, 0.1) is 6.04 Å². The molecule has 0 aromatic heterocycles. The number of phenolic OH excluding ortho intramolecular Hbond substituents is 1. The van der Waals surface area contributed by atoms with Gasteiger partial charge in [-0.1, -0.05) is 36.4 Å². The number of nitrogens with zero attached hydrogens (tertiary/aromatic N) is 1. The number of rotatable bonds is 4. The Morgan fingerprint density at radius 3 is 2.28 bits per heavy atom. The fourth-order valence-corrected chi connectivity index (χ4v) is 2.11. The summed E-state index contributed by atoms with van der Waals surface area (Å²) in [6, 6.07) is 17.3. The summed E-state index contributed by atoms with van der Waals surface area (Å²) in [7, 11) is 1.99. The number of para-hydroxylation sites is 2. The van der Waals surface area contributed by atoms with E-state index in [9.17, 15) is 5.11 Å². The minimum absolute atomic E-state index is 0.0337. The molecule has 0 aliphatic heterocycles. The molecule has 3 N–H and O–H groups in total. The highest BCUT2D eigenvalue weighted by molar-refractivity contribution is 5.50. The van der Waals surface area contributed by atoms with Crippen LogP contribution in [-0.2, 0) is 0 Å². The van der Waals surface area contributed by atoms with Crippen LogP contribution in [0.2, 0.25) is 0 Å². The summed E-state index contributed by atoms with van der Waals surface area (Å²) in [4.78, 5) is 2.08. The molecule has 0 amide bonds. The average Bonchev–Trinajstić information content (AvgIpc) is 2.42. The number of anilines is 1. The van der Waals surface area contributed by atoms with Gasteiger partial charge in [-0.2, -0.15) is 0 Å². The van der Waals surface area contributed by atoms with Gasteiger partial charge in [-0.25, -0.2) is 0 Å². The zero-order valence-electron chi connectivity index (χ0n) is 10.5. The van der Waals surface area contributed by atoms with Crippen molar-refractivity contribution in [2.24, 2.45) is 5.73 Å². The number of benzene rings is 2. The minimum Gasteiger partial charge on any atom is -0.508 e. The second-order valence-corrected chi connectivity index (χ2v) is 4.26. The monoisotopic (exact) mass is 242 g/mol. The standard InChI is InChI=1S/C15H18N2O/c1-17(12-7-3-2-4-8-12)14(11-16)13-9-5-6-10-15(13)18/h2-10,14,18H,11,16H2,1H3. The number of hydrogen-bond acceptors (Lipinski definition) is 3. The Balaban J connectivity index is 2.32. The van der Waals surface area contributed by atoms with Crippen LogP contribution in [0.15, 0.2) is 54.6 Å². The third-order valence-electron chi connectivity index (χ3n) is 3.15. The molecule has 0 bridgehead atoms. The molecule has 0 radical (unpaired) electrons. The lowest BCUT2D eigenvalue weighted by Gasteiger charge is -2.29. The lowest BCUT2D eigenvalue weighted by atomic mass is 10.0. The second-order valence-electron chi connectivity index (χ2n) is 4.26. The summed E-state index contributed by atoms with van der Waals surface area (Å²) < 4.78 is 0. The molecule has 18 heavy (non-hydrogen) atoms. The number of nitrogens with two attached hydrogens (primary N) is 1. The first-order valence-electron chi connectivity index (χ1n) is 6.00. The fraction of sp³-hybridized carbons (Fsp3) is 0.200. The van der Waals surface area contributed by atoms with Crippen molar-refractivity contribution in [1.29, 1.82) is 0 Å². The molecule has 0 heterocycles. The normalized spacial score (nSPS) is 12.1. The summed E-state index contributed by atoms with van der Waals surface area (Å²) >= 11 is 0. The first kappa shape index (κ1) is 12.5. The Labute approximate surface area is 107 Å². The fourth-order valence-electron chi connectivity index (χ4n) is 2.11. The van der Waals surface area contributed by atoms with Crippen LogP contribution in [0.5, 0.6) is 5.75 Å². The zero-order valence-corrected chi connectivity index (χ0v) is 10.5. The van der Waals surface area contributed by atoms with Crippen LogP contribution < -0.4 is 10.6 Å². The molecule has 0 fully saturated rings. The van der Waals surface area contributed by atoms with E-state index >= 15 is 0 Å². The summed E-state index contributed by atoms with van der Waals surface area (Å²) in [6.07, 6.45) is 0. The first-order valence-corrected chi connectivity index (χ1v) is 6.00. The maximum Gasteiger partial charge on any atom is 0.120 e. The minimum atomic E-state index is -0.0337. The summed E-state index contributed by atoms with van der Waals surface area (Å²) in [5.74, 6) is 0.288. The van der Waals surface area contributed by atoms with E-state index in [-0.39, 0.29) is 11.8 Å². The number of likely N-dealkylation sites (N-methyl/N-ethyl adjacent to an activating group) is 1. The topological polar surface area (TPSA) is 49.5 Å². The molecule has 2 rings (SSSR count). The van der Waals surface area contributed by atoms with Crippen molar-refractivity contribution in [1.82, 2.24) is 0 Å². The van der Waals surface area contributed by atoms with Crippen LogP contribution in [0.25, 0.3) is 0 Å². The van der Waals surface area contributed by atoms with E-state index < -0.39 is 0 Å². The Kier molecular flexibility index (Phi) is 3.85. The third-order valence-corrected chi connectivity index (χ3v) is 3.15. The molecule has 0 aliphatic carbocycles. The molecule has 94 valence electrons. The van der Waals surface area contributed by atoms with Gasteiger partial charge in [-0.15, -0.1) is 0 Å². The smallest absolute Gasteiger partial charge is 0.120 e. The lowest BCUT2D eigenvalue weighted by molar-refractivity contribution is 0.460. The van der Waals surface area contributed by atoms with Gasteiger partial charge in [0.1, 0.15) is 5.75 Å². The van der Waals surface area contributed by atoms with Gasteiger partial charge in [-0.05, 0) is 18.2 Å². The summed E-state index contributed by atoms with van der Waals surface area (Å²) in [5.41, 5.74) is 7.79. The van der Waals surface area contributed by atoms with Gasteiger partial charge in [-0.3, -0.25) is 0 Å². The molecule has 3 nitrogen and oxygen atoms in total. The Bertz CT molecular complexity index is 499. The van der Waals surface area contributed by atoms with Crippen molar-refractivity contribution in [3.8, 4) is 5.75 Å². The first-order chi connectivity index (χ1) is 8.74. The van der Waals surface area contributed by atoms with Gasteiger partial charge in [0, 0.05) is 24.8 Å². The van der Waals surface area contributed by atoms with Crippen LogP contribution in [0, 0.1) is 0 Å². The van der Waals surface area contributed by atoms with Crippen molar-refractivity contribution < 1.29 is 5.11 Å². The van der Waals surface area contributed by atoms with Gasteiger partial charge < -0.3 is 15.7 Å². The molecule has 0 saturated heterocycles. The predicted molar refractivity (Wildman–Crippen MR) is 74.7 cm³/mol. The van der Waals surface area contributed by atoms with Gasteiger partial charge in [0.25, 0.3) is 0 Å². The van der Waals surface area contributed by atoms with E-state index in [1.807, 2.05) is 55.6 Å². The van der Waals surface area contributed by atoms with E-state index in [0.717, 1.165) is 11.3 Å². The van der Waals surface area contributed by atoms with Crippen LogP contribution in [-0.4, -0.2) is 18.7 Å². The van der Waals surface area contributed by atoms with Crippen molar-refractivity contribution >= 4 is 5.69 Å². The van der Waals surface area contributed by atoms with E-state index in [4.69, 9.17) is 5.73 Å². The highest BCUT2D eigenvalue weighted by Crippen LogP contribution is 2.29. The number of phenols is 1. The maximum atomic E-state index is 9.93. The predicted octanol–water partition coefficient (Wildman–Crippen LogP) is 2.53. The quantitative estimate of drug-likeness (QED) is 0.866. The van der Waals surface area contributed by atoms with Crippen LogP contribution in [0.3, 0.4) is 0 Å². The van der Waals surface area contributed by atoms with Crippen LogP contribution in [0.4, 0.5) is 5.69 Å². The Morgan fingerprint density at radius 2 is 1.67 bits per heavy atom. The van der Waals surface area contributed by atoms with Crippen molar-refractivity contribution in [3.63, 3.8) is 0 Å². The highest BCUT2D eigenvalue weighted by Gasteiger charge is 2.18. The Hall–Kier alpha value is -2.00. The second kappa shape index (κ2) is 5.56.